The Kier molecular flexibility index (Phi) is 7.36. The summed E-state index contributed by atoms with van der Waals surface area (Å²) in [5.74, 6) is -0.236. The molecule has 1 aromatic rings. The molecule has 0 saturated carbocycles. The highest BCUT2D eigenvalue weighted by Gasteiger charge is 2.31. The number of benzene rings is 1. The Morgan fingerprint density at radius 2 is 1.73 bits per heavy atom. The second kappa shape index (κ2) is 9.78. The lowest BCUT2D eigenvalue weighted by Gasteiger charge is -2.32. The predicted octanol–water partition coefficient (Wildman–Crippen LogP) is 2.60. The average Bonchev–Trinajstić information content (AvgIpc) is 2.74. The van der Waals surface area contributed by atoms with E-state index in [1.165, 1.54) is 12.1 Å². The number of rotatable bonds is 5. The SMILES string of the molecule is CCOC(=O)N1CCC(NC(=O)c2ccc(S(=O)(=O)N3CCCCC3C)cc2)CC1. The molecule has 0 radical (unpaired) electrons. The Morgan fingerprint density at radius 1 is 1.07 bits per heavy atom. The van der Waals surface area contributed by atoms with Crippen LogP contribution in [-0.2, 0) is 14.8 Å². The molecule has 1 aromatic carbocycles. The molecule has 8 nitrogen and oxygen atoms in total. The zero-order valence-corrected chi connectivity index (χ0v) is 18.5. The molecule has 1 N–H and O–H groups in total. The Bertz CT molecular complexity index is 848. The molecule has 0 spiro atoms. The topological polar surface area (TPSA) is 96.0 Å². The van der Waals surface area contributed by atoms with Crippen LogP contribution in [0.5, 0.6) is 0 Å². The fraction of sp³-hybridized carbons (Fsp3) is 0.619. The van der Waals surface area contributed by atoms with E-state index in [9.17, 15) is 18.0 Å². The van der Waals surface area contributed by atoms with Crippen LogP contribution in [0.3, 0.4) is 0 Å². The van der Waals surface area contributed by atoms with Gasteiger partial charge in [-0.1, -0.05) is 6.42 Å². The number of piperidine rings is 2. The number of sulfonamides is 1. The normalized spacial score (nSPS) is 21.3. The third-order valence-corrected chi connectivity index (χ3v) is 7.85. The number of nitrogens with one attached hydrogen (secondary N) is 1. The maximum absolute atomic E-state index is 12.9. The van der Waals surface area contributed by atoms with Crippen molar-refractivity contribution in [2.45, 2.75) is 62.9 Å². The largest absolute Gasteiger partial charge is 0.450 e. The van der Waals surface area contributed by atoms with Gasteiger partial charge in [0.2, 0.25) is 10.0 Å². The van der Waals surface area contributed by atoms with Crippen LogP contribution >= 0.6 is 0 Å². The van der Waals surface area contributed by atoms with Gasteiger partial charge < -0.3 is 15.0 Å². The van der Waals surface area contributed by atoms with Crippen molar-refractivity contribution in [2.75, 3.05) is 26.2 Å². The standard InChI is InChI=1S/C21H31N3O5S/c1-3-29-21(26)23-14-11-18(12-15-23)22-20(25)17-7-9-19(10-8-17)30(27,28)24-13-5-4-6-16(24)2/h7-10,16,18H,3-6,11-15H2,1-2H3,(H,22,25). The first-order valence-electron chi connectivity index (χ1n) is 10.7. The van der Waals surface area contributed by atoms with E-state index in [1.54, 1.807) is 28.3 Å². The maximum Gasteiger partial charge on any atom is 0.409 e. The van der Waals surface area contributed by atoms with Crippen LogP contribution in [0.15, 0.2) is 29.2 Å². The Labute approximate surface area is 178 Å². The summed E-state index contributed by atoms with van der Waals surface area (Å²) >= 11 is 0. The van der Waals surface area contributed by atoms with E-state index in [-0.39, 0.29) is 29.0 Å². The molecule has 30 heavy (non-hydrogen) atoms. The van der Waals surface area contributed by atoms with Gasteiger partial charge in [-0.3, -0.25) is 4.79 Å². The molecular weight excluding hydrogens is 406 g/mol. The minimum atomic E-state index is -3.55. The summed E-state index contributed by atoms with van der Waals surface area (Å²) in [6.07, 6.45) is 3.79. The van der Waals surface area contributed by atoms with E-state index in [0.29, 0.717) is 44.6 Å². The highest BCUT2D eigenvalue weighted by atomic mass is 32.2. The molecule has 2 aliphatic rings. The van der Waals surface area contributed by atoms with Gasteiger partial charge >= 0.3 is 6.09 Å². The van der Waals surface area contributed by atoms with E-state index in [1.807, 2.05) is 6.92 Å². The summed E-state index contributed by atoms with van der Waals surface area (Å²) in [5, 5.41) is 2.98. The average molecular weight is 438 g/mol. The van der Waals surface area contributed by atoms with Gasteiger partial charge in [-0.15, -0.1) is 0 Å². The summed E-state index contributed by atoms with van der Waals surface area (Å²) in [4.78, 5) is 26.2. The van der Waals surface area contributed by atoms with Crippen molar-refractivity contribution in [1.82, 2.24) is 14.5 Å². The third kappa shape index (κ3) is 5.13. The first-order chi connectivity index (χ1) is 14.3. The van der Waals surface area contributed by atoms with Crippen LogP contribution in [0.2, 0.25) is 0 Å². The minimum absolute atomic E-state index is 0.00722. The van der Waals surface area contributed by atoms with Gasteiger partial charge in [0.25, 0.3) is 5.91 Å². The molecule has 1 atom stereocenters. The molecule has 3 rings (SSSR count). The van der Waals surface area contributed by atoms with Gasteiger partial charge in [0, 0.05) is 37.3 Å². The number of amides is 2. The lowest BCUT2D eigenvalue weighted by atomic mass is 10.0. The van der Waals surface area contributed by atoms with Crippen molar-refractivity contribution in [3.05, 3.63) is 29.8 Å². The smallest absolute Gasteiger partial charge is 0.409 e. The molecule has 9 heteroatoms. The number of hydrogen-bond donors (Lipinski definition) is 1. The van der Waals surface area contributed by atoms with Crippen LogP contribution < -0.4 is 5.32 Å². The number of carbonyl (C=O) groups excluding carboxylic acids is 2. The molecule has 2 saturated heterocycles. The second-order valence-corrected chi connectivity index (χ2v) is 9.81. The van der Waals surface area contributed by atoms with Gasteiger partial charge in [-0.2, -0.15) is 4.31 Å². The quantitative estimate of drug-likeness (QED) is 0.764. The number of likely N-dealkylation sites (tertiary alicyclic amines) is 1. The van der Waals surface area contributed by atoms with Crippen molar-refractivity contribution in [3.63, 3.8) is 0 Å². The summed E-state index contributed by atoms with van der Waals surface area (Å²) in [6.45, 7) is 5.67. The van der Waals surface area contributed by atoms with E-state index < -0.39 is 10.0 Å². The van der Waals surface area contributed by atoms with E-state index >= 15 is 0 Å². The number of ether oxygens (including phenoxy) is 1. The van der Waals surface area contributed by atoms with Crippen molar-refractivity contribution in [2.24, 2.45) is 0 Å². The first kappa shape index (κ1) is 22.6. The van der Waals surface area contributed by atoms with Crippen LogP contribution in [0.4, 0.5) is 4.79 Å². The molecule has 2 aliphatic heterocycles. The monoisotopic (exact) mass is 437 g/mol. The van der Waals surface area contributed by atoms with Crippen molar-refractivity contribution in [3.8, 4) is 0 Å². The Balaban J connectivity index is 1.57. The molecule has 0 aromatic heterocycles. The summed E-state index contributed by atoms with van der Waals surface area (Å²) in [5.41, 5.74) is 0.425. The Hall–Kier alpha value is -2.13. The second-order valence-electron chi connectivity index (χ2n) is 7.92. The highest BCUT2D eigenvalue weighted by Crippen LogP contribution is 2.25. The van der Waals surface area contributed by atoms with E-state index in [0.717, 1.165) is 19.3 Å². The van der Waals surface area contributed by atoms with Crippen molar-refractivity contribution >= 4 is 22.0 Å². The molecule has 2 amide bonds. The molecule has 2 heterocycles. The molecular formula is C21H31N3O5S. The van der Waals surface area contributed by atoms with Crippen LogP contribution in [-0.4, -0.2) is 67.9 Å². The van der Waals surface area contributed by atoms with Gasteiger partial charge in [-0.25, -0.2) is 13.2 Å². The summed E-state index contributed by atoms with van der Waals surface area (Å²) in [6, 6.07) is 6.10. The van der Waals surface area contributed by atoms with E-state index in [2.05, 4.69) is 5.32 Å². The van der Waals surface area contributed by atoms with Crippen LogP contribution in [0, 0.1) is 0 Å². The molecule has 166 valence electrons. The van der Waals surface area contributed by atoms with Gasteiger partial charge in [0.15, 0.2) is 0 Å². The van der Waals surface area contributed by atoms with Crippen molar-refractivity contribution < 1.29 is 22.7 Å². The zero-order chi connectivity index (χ0) is 21.7. The number of hydrogen-bond acceptors (Lipinski definition) is 5. The van der Waals surface area contributed by atoms with Gasteiger partial charge in [0.05, 0.1) is 11.5 Å². The van der Waals surface area contributed by atoms with Gasteiger partial charge in [0.1, 0.15) is 0 Å². The van der Waals surface area contributed by atoms with Crippen LogP contribution in [0.1, 0.15) is 56.3 Å². The zero-order valence-electron chi connectivity index (χ0n) is 17.7. The summed E-state index contributed by atoms with van der Waals surface area (Å²) < 4.78 is 32.4. The molecule has 2 fully saturated rings. The predicted molar refractivity (Wildman–Crippen MR) is 113 cm³/mol. The maximum atomic E-state index is 12.9. The molecule has 0 aliphatic carbocycles. The molecule has 1 unspecified atom stereocenters. The fourth-order valence-electron chi connectivity index (χ4n) is 4.03. The lowest BCUT2D eigenvalue weighted by molar-refractivity contribution is 0.0860. The Morgan fingerprint density at radius 3 is 2.33 bits per heavy atom. The lowest BCUT2D eigenvalue weighted by Crippen LogP contribution is -2.46. The summed E-state index contributed by atoms with van der Waals surface area (Å²) in [7, 11) is -3.55. The molecule has 0 bridgehead atoms. The van der Waals surface area contributed by atoms with E-state index in [4.69, 9.17) is 4.74 Å². The number of nitrogens with zero attached hydrogens (tertiary/aromatic N) is 2. The number of carbonyl (C=O) groups is 2. The third-order valence-electron chi connectivity index (χ3n) is 5.82. The van der Waals surface area contributed by atoms with Gasteiger partial charge in [-0.05, 0) is 63.8 Å². The van der Waals surface area contributed by atoms with Crippen LogP contribution in [0.25, 0.3) is 0 Å². The minimum Gasteiger partial charge on any atom is -0.450 e. The fourth-order valence-corrected chi connectivity index (χ4v) is 5.73. The highest BCUT2D eigenvalue weighted by molar-refractivity contribution is 7.89. The van der Waals surface area contributed by atoms with Crippen molar-refractivity contribution in [1.29, 1.82) is 0 Å². The first-order valence-corrected chi connectivity index (χ1v) is 12.1.